The molecule has 0 bridgehead atoms. The zero-order chi connectivity index (χ0) is 13.8. The molecule has 3 rings (SSSR count). The lowest BCUT2D eigenvalue weighted by atomic mass is 9.82. The second kappa shape index (κ2) is 4.05. The van der Waals surface area contributed by atoms with Crippen LogP contribution >= 0.6 is 0 Å². The number of rotatable bonds is 0. The highest BCUT2D eigenvalue weighted by Gasteiger charge is 2.41. The van der Waals surface area contributed by atoms with Gasteiger partial charge in [0.1, 0.15) is 17.5 Å². The minimum absolute atomic E-state index is 0.163. The van der Waals surface area contributed by atoms with Crippen LogP contribution in [-0.4, -0.2) is 22.6 Å². The summed E-state index contributed by atoms with van der Waals surface area (Å²) in [5.74, 6) is 0.867. The zero-order valence-corrected chi connectivity index (χ0v) is 11.3. The number of aliphatic hydroxyl groups is 1. The van der Waals surface area contributed by atoms with E-state index in [-0.39, 0.29) is 5.78 Å². The summed E-state index contributed by atoms with van der Waals surface area (Å²) in [6.45, 7) is 3.65. The van der Waals surface area contributed by atoms with Gasteiger partial charge in [-0.1, -0.05) is 0 Å². The molecule has 102 valence electrons. The molecular weight excluding hydrogens is 242 g/mol. The van der Waals surface area contributed by atoms with E-state index in [1.54, 1.807) is 0 Å². The summed E-state index contributed by atoms with van der Waals surface area (Å²) >= 11 is 0. The maximum absolute atomic E-state index is 11.9. The number of ether oxygens (including phenoxy) is 1. The van der Waals surface area contributed by atoms with Gasteiger partial charge in [-0.2, -0.15) is 0 Å². The molecule has 0 aromatic heterocycles. The van der Waals surface area contributed by atoms with E-state index >= 15 is 0 Å². The van der Waals surface area contributed by atoms with Gasteiger partial charge in [-0.3, -0.25) is 4.79 Å². The van der Waals surface area contributed by atoms with E-state index in [9.17, 15) is 9.90 Å². The van der Waals surface area contributed by atoms with E-state index in [1.807, 2.05) is 26.0 Å². The number of aliphatic hydroxyl groups excluding tert-OH is 1. The van der Waals surface area contributed by atoms with Gasteiger partial charge in [0.2, 0.25) is 0 Å². The van der Waals surface area contributed by atoms with Crippen LogP contribution in [-0.2, 0) is 6.42 Å². The Morgan fingerprint density at radius 2 is 2.11 bits per heavy atom. The van der Waals surface area contributed by atoms with Crippen LogP contribution in [0.5, 0.6) is 5.75 Å². The molecule has 19 heavy (non-hydrogen) atoms. The molecule has 0 spiro atoms. The van der Waals surface area contributed by atoms with Gasteiger partial charge in [0, 0.05) is 17.5 Å². The van der Waals surface area contributed by atoms with E-state index in [0.29, 0.717) is 12.2 Å². The summed E-state index contributed by atoms with van der Waals surface area (Å²) in [6.07, 6.45) is 1.60. The highest BCUT2D eigenvalue weighted by Crippen LogP contribution is 2.41. The Balaban J connectivity index is 2.14. The SMILES string of the molecule is CC1(C)Oc2cc3c(cc2[C@H](N)[C@H]1O)C(=O)CCC3. The number of hydrogen-bond acceptors (Lipinski definition) is 4. The molecule has 0 saturated heterocycles. The fraction of sp³-hybridized carbons (Fsp3) is 0.533. The Bertz CT molecular complexity index is 551. The number of benzene rings is 1. The van der Waals surface area contributed by atoms with Gasteiger partial charge < -0.3 is 15.6 Å². The van der Waals surface area contributed by atoms with E-state index < -0.39 is 17.7 Å². The van der Waals surface area contributed by atoms with Crippen LogP contribution in [0, 0.1) is 0 Å². The van der Waals surface area contributed by atoms with Crippen LogP contribution in [0.4, 0.5) is 0 Å². The van der Waals surface area contributed by atoms with Gasteiger partial charge in [0.25, 0.3) is 0 Å². The average molecular weight is 261 g/mol. The lowest BCUT2D eigenvalue weighted by Crippen LogP contribution is -2.51. The first-order valence-corrected chi connectivity index (χ1v) is 6.73. The van der Waals surface area contributed by atoms with Crippen molar-refractivity contribution in [1.29, 1.82) is 0 Å². The van der Waals surface area contributed by atoms with Gasteiger partial charge in [-0.25, -0.2) is 0 Å². The third kappa shape index (κ3) is 1.86. The molecule has 0 unspecified atom stereocenters. The average Bonchev–Trinajstić information content (AvgIpc) is 2.35. The quantitative estimate of drug-likeness (QED) is 0.746. The molecular formula is C15H19NO3. The van der Waals surface area contributed by atoms with Gasteiger partial charge in [-0.15, -0.1) is 0 Å². The molecule has 2 atom stereocenters. The highest BCUT2D eigenvalue weighted by molar-refractivity contribution is 5.99. The second-order valence-electron chi connectivity index (χ2n) is 6.00. The summed E-state index contributed by atoms with van der Waals surface area (Å²) in [7, 11) is 0. The molecule has 4 heteroatoms. The van der Waals surface area contributed by atoms with Crippen molar-refractivity contribution in [1.82, 2.24) is 0 Å². The van der Waals surface area contributed by atoms with Crippen LogP contribution < -0.4 is 10.5 Å². The molecule has 0 amide bonds. The molecule has 2 aliphatic rings. The minimum atomic E-state index is -0.781. The lowest BCUT2D eigenvalue weighted by Gasteiger charge is -2.41. The highest BCUT2D eigenvalue weighted by atomic mass is 16.5. The molecule has 3 N–H and O–H groups in total. The van der Waals surface area contributed by atoms with Crippen molar-refractivity contribution >= 4 is 5.78 Å². The largest absolute Gasteiger partial charge is 0.485 e. The van der Waals surface area contributed by atoms with E-state index in [2.05, 4.69) is 0 Å². The molecule has 0 fully saturated rings. The summed E-state index contributed by atoms with van der Waals surface area (Å²) in [5, 5.41) is 10.2. The Morgan fingerprint density at radius 3 is 2.84 bits per heavy atom. The Labute approximate surface area is 112 Å². The van der Waals surface area contributed by atoms with Gasteiger partial charge >= 0.3 is 0 Å². The van der Waals surface area contributed by atoms with Crippen molar-refractivity contribution < 1.29 is 14.6 Å². The van der Waals surface area contributed by atoms with Crippen LogP contribution in [0.2, 0.25) is 0 Å². The molecule has 1 aliphatic heterocycles. The summed E-state index contributed by atoms with van der Waals surface area (Å²) < 4.78 is 5.86. The van der Waals surface area contributed by atoms with Crippen molar-refractivity contribution in [3.63, 3.8) is 0 Å². The molecule has 0 saturated carbocycles. The number of carbonyl (C=O) groups excluding carboxylic acids is 1. The smallest absolute Gasteiger partial charge is 0.163 e. The van der Waals surface area contributed by atoms with Crippen LogP contribution in [0.1, 0.15) is 54.2 Å². The van der Waals surface area contributed by atoms with Crippen molar-refractivity contribution in [2.24, 2.45) is 5.73 Å². The number of hydrogen-bond donors (Lipinski definition) is 2. The number of nitrogens with two attached hydrogens (primary N) is 1. The summed E-state index contributed by atoms with van der Waals surface area (Å²) in [4.78, 5) is 11.9. The minimum Gasteiger partial charge on any atom is -0.485 e. The number of fused-ring (bicyclic) bond motifs is 2. The molecule has 1 aromatic rings. The maximum atomic E-state index is 11.9. The van der Waals surface area contributed by atoms with Crippen LogP contribution in [0.15, 0.2) is 12.1 Å². The number of aryl methyl sites for hydroxylation is 1. The fourth-order valence-electron chi connectivity index (χ4n) is 2.97. The van der Waals surface area contributed by atoms with Gasteiger partial charge in [0.05, 0.1) is 6.04 Å². The van der Waals surface area contributed by atoms with Crippen molar-refractivity contribution in [3.8, 4) is 5.75 Å². The Hall–Kier alpha value is -1.39. The summed E-state index contributed by atoms with van der Waals surface area (Å²) in [5.41, 5.74) is 7.91. The lowest BCUT2D eigenvalue weighted by molar-refractivity contribution is -0.0572. The van der Waals surface area contributed by atoms with E-state index in [4.69, 9.17) is 10.5 Å². The third-order valence-electron chi connectivity index (χ3n) is 4.17. The summed E-state index contributed by atoms with van der Waals surface area (Å²) in [6, 6.07) is 3.23. The Morgan fingerprint density at radius 1 is 1.37 bits per heavy atom. The predicted octanol–water partition coefficient (Wildman–Crippen LogP) is 1.74. The first-order chi connectivity index (χ1) is 8.90. The fourth-order valence-corrected chi connectivity index (χ4v) is 2.97. The first-order valence-electron chi connectivity index (χ1n) is 6.73. The molecule has 1 aromatic carbocycles. The first kappa shape index (κ1) is 12.6. The number of ketones is 1. The van der Waals surface area contributed by atoms with Crippen LogP contribution in [0.25, 0.3) is 0 Å². The molecule has 1 aliphatic carbocycles. The molecule has 4 nitrogen and oxygen atoms in total. The van der Waals surface area contributed by atoms with Crippen molar-refractivity contribution in [2.45, 2.75) is 50.9 Å². The van der Waals surface area contributed by atoms with Crippen molar-refractivity contribution in [3.05, 3.63) is 28.8 Å². The number of Topliss-reactive ketones (excluding diaryl/α,β-unsaturated/α-hetero) is 1. The van der Waals surface area contributed by atoms with E-state index in [0.717, 1.165) is 29.5 Å². The van der Waals surface area contributed by atoms with Crippen LogP contribution in [0.3, 0.4) is 0 Å². The zero-order valence-electron chi connectivity index (χ0n) is 11.3. The van der Waals surface area contributed by atoms with Gasteiger partial charge in [0.15, 0.2) is 5.78 Å². The third-order valence-corrected chi connectivity index (χ3v) is 4.17. The number of carbonyl (C=O) groups is 1. The standard InChI is InChI=1S/C15H19NO3/c1-15(2)14(18)13(16)10-7-9-8(6-12(10)19-15)4-3-5-11(9)17/h6-7,13-14,18H,3-5,16H2,1-2H3/t13-,14+/m0/s1. The predicted molar refractivity (Wildman–Crippen MR) is 71.4 cm³/mol. The normalized spacial score (nSPS) is 28.3. The van der Waals surface area contributed by atoms with E-state index in [1.165, 1.54) is 0 Å². The molecule has 0 radical (unpaired) electrons. The second-order valence-corrected chi connectivity index (χ2v) is 6.00. The molecule has 1 heterocycles. The van der Waals surface area contributed by atoms with Crippen molar-refractivity contribution in [2.75, 3.05) is 0 Å². The Kier molecular flexibility index (Phi) is 2.69. The maximum Gasteiger partial charge on any atom is 0.163 e. The topological polar surface area (TPSA) is 72.6 Å². The van der Waals surface area contributed by atoms with Gasteiger partial charge in [-0.05, 0) is 44.4 Å². The monoisotopic (exact) mass is 261 g/mol.